The molecular weight excluding hydrogens is 290 g/mol. The third-order valence-electron chi connectivity index (χ3n) is 4.75. The van der Waals surface area contributed by atoms with E-state index in [4.69, 9.17) is 4.42 Å². The summed E-state index contributed by atoms with van der Waals surface area (Å²) in [6.07, 6.45) is 3.68. The fourth-order valence-electron chi connectivity index (χ4n) is 3.14. The number of para-hydroxylation sites is 2. The molecule has 1 aromatic heterocycles. The van der Waals surface area contributed by atoms with E-state index in [1.165, 1.54) is 0 Å². The number of oxazole rings is 1. The van der Waals surface area contributed by atoms with E-state index in [1.807, 2.05) is 24.3 Å². The first-order valence-electron chi connectivity index (χ1n) is 8.62. The molecule has 0 spiro atoms. The van der Waals surface area contributed by atoms with Crippen LogP contribution in [0.25, 0.3) is 11.1 Å². The number of nitrogens with zero attached hydrogens (tertiary/aromatic N) is 2. The first-order valence-corrected chi connectivity index (χ1v) is 8.62. The minimum atomic E-state index is 0.108. The molecule has 2 heterocycles. The van der Waals surface area contributed by atoms with Crippen LogP contribution in [0.2, 0.25) is 0 Å². The number of amides is 1. The van der Waals surface area contributed by atoms with Gasteiger partial charge in [0.15, 0.2) is 5.58 Å². The van der Waals surface area contributed by atoms with E-state index in [2.05, 4.69) is 29.0 Å². The average Bonchev–Trinajstić information content (AvgIpc) is 3.03. The molecular formula is C18H25N3O2. The standard InChI is InChI=1S/C18H25N3O2/c1-3-14(4-2)19-17(22)13-9-11-21(12-10-13)18-20-15-7-5-6-8-16(15)23-18/h5-8,13-14H,3-4,9-12H2,1-2H3,(H,19,22). The number of rotatable bonds is 5. The highest BCUT2D eigenvalue weighted by Crippen LogP contribution is 2.26. The highest BCUT2D eigenvalue weighted by molar-refractivity contribution is 5.79. The minimum absolute atomic E-state index is 0.108. The molecule has 1 aliphatic heterocycles. The molecule has 5 nitrogen and oxygen atoms in total. The second-order valence-corrected chi connectivity index (χ2v) is 6.25. The molecule has 0 unspecified atom stereocenters. The second-order valence-electron chi connectivity index (χ2n) is 6.25. The number of hydrogen-bond acceptors (Lipinski definition) is 4. The Bertz CT molecular complexity index is 622. The highest BCUT2D eigenvalue weighted by Gasteiger charge is 2.27. The van der Waals surface area contributed by atoms with E-state index in [0.717, 1.165) is 49.9 Å². The number of nitrogens with one attached hydrogen (secondary N) is 1. The smallest absolute Gasteiger partial charge is 0.298 e. The predicted molar refractivity (Wildman–Crippen MR) is 91.5 cm³/mol. The molecule has 0 saturated carbocycles. The molecule has 124 valence electrons. The lowest BCUT2D eigenvalue weighted by molar-refractivity contribution is -0.126. The molecule has 1 N–H and O–H groups in total. The summed E-state index contributed by atoms with van der Waals surface area (Å²) in [4.78, 5) is 19.0. The van der Waals surface area contributed by atoms with Crippen LogP contribution in [0.1, 0.15) is 39.5 Å². The Morgan fingerprint density at radius 1 is 1.30 bits per heavy atom. The fraction of sp³-hybridized carbons (Fsp3) is 0.556. The Hall–Kier alpha value is -2.04. The summed E-state index contributed by atoms with van der Waals surface area (Å²) in [5.74, 6) is 0.312. The molecule has 5 heteroatoms. The number of fused-ring (bicyclic) bond motifs is 1. The topological polar surface area (TPSA) is 58.4 Å². The molecule has 1 saturated heterocycles. The number of carbonyl (C=O) groups is 1. The van der Waals surface area contributed by atoms with Crippen molar-refractivity contribution in [1.82, 2.24) is 10.3 Å². The Balaban J connectivity index is 1.58. The summed E-state index contributed by atoms with van der Waals surface area (Å²) >= 11 is 0. The summed E-state index contributed by atoms with van der Waals surface area (Å²) in [5, 5.41) is 3.17. The van der Waals surface area contributed by atoms with Gasteiger partial charge in [0.05, 0.1) is 0 Å². The van der Waals surface area contributed by atoms with Crippen LogP contribution in [0, 0.1) is 5.92 Å². The molecule has 0 bridgehead atoms. The molecule has 1 aliphatic rings. The van der Waals surface area contributed by atoms with Crippen LogP contribution >= 0.6 is 0 Å². The van der Waals surface area contributed by atoms with Crippen molar-refractivity contribution in [2.24, 2.45) is 5.92 Å². The largest absolute Gasteiger partial charge is 0.423 e. The number of anilines is 1. The third kappa shape index (κ3) is 3.49. The van der Waals surface area contributed by atoms with E-state index in [0.29, 0.717) is 12.1 Å². The average molecular weight is 315 g/mol. The van der Waals surface area contributed by atoms with Gasteiger partial charge in [0.2, 0.25) is 5.91 Å². The molecule has 1 aromatic carbocycles. The number of hydrogen-bond donors (Lipinski definition) is 1. The van der Waals surface area contributed by atoms with Crippen LogP contribution in [0.5, 0.6) is 0 Å². The minimum Gasteiger partial charge on any atom is -0.423 e. The number of benzene rings is 1. The number of piperidine rings is 1. The van der Waals surface area contributed by atoms with Gasteiger partial charge in [-0.25, -0.2) is 0 Å². The second kappa shape index (κ2) is 7.02. The van der Waals surface area contributed by atoms with Crippen LogP contribution < -0.4 is 10.2 Å². The summed E-state index contributed by atoms with van der Waals surface area (Å²) in [6.45, 7) is 5.86. The fourth-order valence-corrected chi connectivity index (χ4v) is 3.14. The number of carbonyl (C=O) groups excluding carboxylic acids is 1. The maximum absolute atomic E-state index is 12.3. The highest BCUT2D eigenvalue weighted by atomic mass is 16.4. The zero-order valence-corrected chi connectivity index (χ0v) is 13.9. The molecule has 3 rings (SSSR count). The predicted octanol–water partition coefficient (Wildman–Crippen LogP) is 3.35. The van der Waals surface area contributed by atoms with Crippen LogP contribution in [0.3, 0.4) is 0 Å². The first kappa shape index (κ1) is 15.8. The van der Waals surface area contributed by atoms with Gasteiger partial charge in [0, 0.05) is 25.0 Å². The molecule has 23 heavy (non-hydrogen) atoms. The van der Waals surface area contributed by atoms with Gasteiger partial charge < -0.3 is 14.6 Å². The molecule has 1 amide bonds. The zero-order valence-electron chi connectivity index (χ0n) is 13.9. The van der Waals surface area contributed by atoms with E-state index in [1.54, 1.807) is 0 Å². The Morgan fingerprint density at radius 3 is 2.65 bits per heavy atom. The van der Waals surface area contributed by atoms with Crippen molar-refractivity contribution in [1.29, 1.82) is 0 Å². The molecule has 2 aromatic rings. The van der Waals surface area contributed by atoms with E-state index >= 15 is 0 Å². The lowest BCUT2D eigenvalue weighted by Gasteiger charge is -2.31. The zero-order chi connectivity index (χ0) is 16.2. The number of aromatic nitrogens is 1. The van der Waals surface area contributed by atoms with Gasteiger partial charge in [-0.05, 0) is 37.8 Å². The Morgan fingerprint density at radius 2 is 2.00 bits per heavy atom. The SMILES string of the molecule is CCC(CC)NC(=O)C1CCN(c2nc3ccccc3o2)CC1. The van der Waals surface area contributed by atoms with Gasteiger partial charge >= 0.3 is 0 Å². The van der Waals surface area contributed by atoms with Gasteiger partial charge in [0.1, 0.15) is 5.52 Å². The first-order chi connectivity index (χ1) is 11.2. The molecule has 0 radical (unpaired) electrons. The maximum atomic E-state index is 12.3. The summed E-state index contributed by atoms with van der Waals surface area (Å²) in [6, 6.07) is 8.77. The van der Waals surface area contributed by atoms with E-state index < -0.39 is 0 Å². The summed E-state index contributed by atoms with van der Waals surface area (Å²) in [5.41, 5.74) is 1.70. The summed E-state index contributed by atoms with van der Waals surface area (Å²) < 4.78 is 5.82. The maximum Gasteiger partial charge on any atom is 0.298 e. The lowest BCUT2D eigenvalue weighted by atomic mass is 9.95. The van der Waals surface area contributed by atoms with Crippen molar-refractivity contribution in [2.75, 3.05) is 18.0 Å². The lowest BCUT2D eigenvalue weighted by Crippen LogP contribution is -2.43. The van der Waals surface area contributed by atoms with Gasteiger partial charge in [-0.2, -0.15) is 4.98 Å². The van der Waals surface area contributed by atoms with Crippen molar-refractivity contribution in [3.05, 3.63) is 24.3 Å². The van der Waals surface area contributed by atoms with Crippen molar-refractivity contribution in [3.8, 4) is 0 Å². The van der Waals surface area contributed by atoms with Crippen LogP contribution in [0.4, 0.5) is 6.01 Å². The quantitative estimate of drug-likeness (QED) is 0.919. The van der Waals surface area contributed by atoms with Gasteiger partial charge in [-0.15, -0.1) is 0 Å². The Kier molecular flexibility index (Phi) is 4.84. The van der Waals surface area contributed by atoms with Crippen LogP contribution in [-0.4, -0.2) is 30.0 Å². The van der Waals surface area contributed by atoms with E-state index in [9.17, 15) is 4.79 Å². The Labute approximate surface area is 137 Å². The van der Waals surface area contributed by atoms with Gasteiger partial charge in [-0.1, -0.05) is 26.0 Å². The van der Waals surface area contributed by atoms with Crippen molar-refractivity contribution >= 4 is 23.0 Å². The van der Waals surface area contributed by atoms with Gasteiger partial charge in [-0.3, -0.25) is 4.79 Å². The third-order valence-corrected chi connectivity index (χ3v) is 4.75. The van der Waals surface area contributed by atoms with E-state index in [-0.39, 0.29) is 11.8 Å². The molecule has 1 fully saturated rings. The summed E-state index contributed by atoms with van der Waals surface area (Å²) in [7, 11) is 0. The van der Waals surface area contributed by atoms with Crippen molar-refractivity contribution < 1.29 is 9.21 Å². The van der Waals surface area contributed by atoms with Gasteiger partial charge in [0.25, 0.3) is 6.01 Å². The van der Waals surface area contributed by atoms with Crippen LogP contribution in [-0.2, 0) is 4.79 Å². The van der Waals surface area contributed by atoms with Crippen molar-refractivity contribution in [3.63, 3.8) is 0 Å². The van der Waals surface area contributed by atoms with Crippen LogP contribution in [0.15, 0.2) is 28.7 Å². The normalized spacial score (nSPS) is 16.2. The molecule has 0 aliphatic carbocycles. The van der Waals surface area contributed by atoms with Crippen molar-refractivity contribution in [2.45, 2.75) is 45.6 Å². The monoisotopic (exact) mass is 315 g/mol. The molecule has 0 atom stereocenters.